The molecule has 1 saturated carbocycles. The zero-order chi connectivity index (χ0) is 22.8. The highest BCUT2D eigenvalue weighted by atomic mass is 19.1. The van der Waals surface area contributed by atoms with Crippen molar-refractivity contribution in [3.8, 4) is 0 Å². The Balaban J connectivity index is 1.15. The lowest BCUT2D eigenvalue weighted by atomic mass is 9.85. The van der Waals surface area contributed by atoms with Crippen molar-refractivity contribution in [1.29, 1.82) is 0 Å². The summed E-state index contributed by atoms with van der Waals surface area (Å²) in [4.78, 5) is 15.6. The average molecular weight is 452 g/mol. The Kier molecular flexibility index (Phi) is 6.53. The maximum Gasteiger partial charge on any atom is 0.339 e. The Bertz CT molecular complexity index is 958. The standard InChI is InChI=1S/C28H34FNO3/c1-20-17-23(7-10-26(20)29)22-12-15-30(16-13-22)25-11-14-28(33-19-25,24-8-9-24)27(31)32-18-21-5-3-2-4-6-21/h2-7,10,17,22,24-25H,8-9,11-16,18-19H2,1H3/t25-,28+/m1/s1. The second-order valence-corrected chi connectivity index (χ2v) is 10.0. The molecule has 5 rings (SSSR count). The van der Waals surface area contributed by atoms with E-state index in [0.717, 1.165) is 62.7 Å². The van der Waals surface area contributed by atoms with Gasteiger partial charge >= 0.3 is 5.97 Å². The summed E-state index contributed by atoms with van der Waals surface area (Å²) in [5, 5.41) is 0. The van der Waals surface area contributed by atoms with Gasteiger partial charge in [-0.3, -0.25) is 4.90 Å². The molecule has 0 bridgehead atoms. The van der Waals surface area contributed by atoms with Crippen LogP contribution in [-0.4, -0.2) is 42.2 Å². The molecule has 4 nitrogen and oxygen atoms in total. The number of benzene rings is 2. The summed E-state index contributed by atoms with van der Waals surface area (Å²) in [6.07, 6.45) is 5.97. The largest absolute Gasteiger partial charge is 0.459 e. The first kappa shape index (κ1) is 22.5. The van der Waals surface area contributed by atoms with Crippen LogP contribution in [-0.2, 0) is 20.9 Å². The third kappa shape index (κ3) is 4.85. The van der Waals surface area contributed by atoms with Crippen molar-refractivity contribution in [2.75, 3.05) is 19.7 Å². The number of hydrogen-bond acceptors (Lipinski definition) is 4. The molecule has 0 amide bonds. The van der Waals surface area contributed by atoms with Gasteiger partial charge in [-0.25, -0.2) is 9.18 Å². The fourth-order valence-electron chi connectivity index (χ4n) is 5.63. The Labute approximate surface area is 196 Å². The van der Waals surface area contributed by atoms with Crippen molar-refractivity contribution in [2.24, 2.45) is 5.92 Å². The van der Waals surface area contributed by atoms with Gasteiger partial charge in [0.15, 0.2) is 5.60 Å². The number of carbonyl (C=O) groups excluding carboxylic acids is 1. The number of nitrogens with zero attached hydrogens (tertiary/aromatic N) is 1. The van der Waals surface area contributed by atoms with Crippen molar-refractivity contribution in [1.82, 2.24) is 4.90 Å². The van der Waals surface area contributed by atoms with E-state index in [1.54, 1.807) is 6.07 Å². The summed E-state index contributed by atoms with van der Waals surface area (Å²) in [5.41, 5.74) is 2.23. The molecule has 0 aromatic heterocycles. The number of hydrogen-bond donors (Lipinski definition) is 0. The summed E-state index contributed by atoms with van der Waals surface area (Å²) in [6.45, 7) is 4.77. The van der Waals surface area contributed by atoms with Crippen LogP contribution in [0.2, 0.25) is 0 Å². The summed E-state index contributed by atoms with van der Waals surface area (Å²) < 4.78 is 25.7. The minimum Gasteiger partial charge on any atom is -0.459 e. The van der Waals surface area contributed by atoms with Crippen LogP contribution in [0.4, 0.5) is 4.39 Å². The van der Waals surface area contributed by atoms with Gasteiger partial charge in [0.1, 0.15) is 12.4 Å². The lowest BCUT2D eigenvalue weighted by Crippen LogP contribution is -2.54. The first-order chi connectivity index (χ1) is 16.0. The molecule has 2 atom stereocenters. The van der Waals surface area contributed by atoms with E-state index >= 15 is 0 Å². The fraction of sp³-hybridized carbons (Fsp3) is 0.536. The van der Waals surface area contributed by atoms with E-state index in [4.69, 9.17) is 9.47 Å². The molecule has 2 aliphatic heterocycles. The predicted molar refractivity (Wildman–Crippen MR) is 125 cm³/mol. The van der Waals surface area contributed by atoms with Gasteiger partial charge in [-0.15, -0.1) is 0 Å². The second kappa shape index (κ2) is 9.55. The molecular formula is C28H34FNO3. The number of aryl methyl sites for hydroxylation is 1. The van der Waals surface area contributed by atoms with Crippen LogP contribution in [0, 0.1) is 18.7 Å². The van der Waals surface area contributed by atoms with Gasteiger partial charge in [0.05, 0.1) is 6.61 Å². The minimum atomic E-state index is -0.755. The molecule has 2 heterocycles. The van der Waals surface area contributed by atoms with Crippen LogP contribution < -0.4 is 0 Å². The maximum absolute atomic E-state index is 13.6. The number of halogens is 1. The van der Waals surface area contributed by atoms with Gasteiger partial charge in [0, 0.05) is 6.04 Å². The highest BCUT2D eigenvalue weighted by molar-refractivity contribution is 5.80. The van der Waals surface area contributed by atoms with Crippen LogP contribution in [0.3, 0.4) is 0 Å². The van der Waals surface area contributed by atoms with E-state index in [-0.39, 0.29) is 11.8 Å². The molecule has 3 fully saturated rings. The number of rotatable bonds is 6. The van der Waals surface area contributed by atoms with E-state index in [2.05, 4.69) is 4.90 Å². The summed E-state index contributed by atoms with van der Waals surface area (Å²) in [6, 6.07) is 15.7. The molecule has 5 heteroatoms. The summed E-state index contributed by atoms with van der Waals surface area (Å²) >= 11 is 0. The molecule has 0 N–H and O–H groups in total. The van der Waals surface area contributed by atoms with E-state index in [9.17, 15) is 9.18 Å². The minimum absolute atomic E-state index is 0.128. The van der Waals surface area contributed by atoms with Gasteiger partial charge in [-0.05, 0) is 93.1 Å². The molecule has 176 valence electrons. The Morgan fingerprint density at radius 2 is 1.85 bits per heavy atom. The average Bonchev–Trinajstić information content (AvgIpc) is 3.71. The molecule has 3 aliphatic rings. The van der Waals surface area contributed by atoms with Gasteiger partial charge in [0.25, 0.3) is 0 Å². The Hall–Kier alpha value is -2.24. The third-order valence-electron chi connectivity index (χ3n) is 7.88. The van der Waals surface area contributed by atoms with Crippen molar-refractivity contribution in [3.05, 3.63) is 71.0 Å². The lowest BCUT2D eigenvalue weighted by Gasteiger charge is -2.44. The van der Waals surface area contributed by atoms with Crippen LogP contribution in [0.25, 0.3) is 0 Å². The number of carbonyl (C=O) groups is 1. The number of esters is 1. The normalized spacial score (nSPS) is 26.8. The number of likely N-dealkylation sites (tertiary alicyclic amines) is 1. The van der Waals surface area contributed by atoms with Crippen LogP contribution in [0.1, 0.15) is 61.1 Å². The van der Waals surface area contributed by atoms with Crippen LogP contribution in [0.15, 0.2) is 48.5 Å². The van der Waals surface area contributed by atoms with E-state index in [0.29, 0.717) is 31.1 Å². The summed E-state index contributed by atoms with van der Waals surface area (Å²) in [7, 11) is 0. The van der Waals surface area contributed by atoms with Gasteiger partial charge in [-0.1, -0.05) is 42.5 Å². The topological polar surface area (TPSA) is 38.8 Å². The van der Waals surface area contributed by atoms with Gasteiger partial charge in [-0.2, -0.15) is 0 Å². The molecule has 2 aromatic carbocycles. The molecule has 2 aromatic rings. The molecule has 0 spiro atoms. The summed E-state index contributed by atoms with van der Waals surface area (Å²) in [5.74, 6) is 0.479. The third-order valence-corrected chi connectivity index (χ3v) is 7.88. The van der Waals surface area contributed by atoms with Crippen LogP contribution >= 0.6 is 0 Å². The Morgan fingerprint density at radius 1 is 1.09 bits per heavy atom. The highest BCUT2D eigenvalue weighted by Gasteiger charge is 2.55. The molecular weight excluding hydrogens is 417 g/mol. The smallest absolute Gasteiger partial charge is 0.339 e. The monoisotopic (exact) mass is 451 g/mol. The molecule has 0 unspecified atom stereocenters. The lowest BCUT2D eigenvalue weighted by molar-refractivity contribution is -0.190. The van der Waals surface area contributed by atoms with Gasteiger partial charge < -0.3 is 9.47 Å². The van der Waals surface area contributed by atoms with E-state index in [1.165, 1.54) is 5.56 Å². The maximum atomic E-state index is 13.6. The van der Waals surface area contributed by atoms with E-state index in [1.807, 2.05) is 49.4 Å². The molecule has 0 radical (unpaired) electrons. The van der Waals surface area contributed by atoms with Crippen molar-refractivity contribution < 1.29 is 18.7 Å². The number of piperidine rings is 1. The highest BCUT2D eigenvalue weighted by Crippen LogP contribution is 2.48. The fourth-order valence-corrected chi connectivity index (χ4v) is 5.63. The molecule has 1 aliphatic carbocycles. The van der Waals surface area contributed by atoms with Crippen molar-refractivity contribution in [2.45, 2.75) is 69.6 Å². The predicted octanol–water partition coefficient (Wildman–Crippen LogP) is 5.38. The second-order valence-electron chi connectivity index (χ2n) is 10.0. The first-order valence-electron chi connectivity index (χ1n) is 12.4. The van der Waals surface area contributed by atoms with Crippen molar-refractivity contribution >= 4 is 5.97 Å². The Morgan fingerprint density at radius 3 is 2.48 bits per heavy atom. The SMILES string of the molecule is Cc1cc(C2CCN([C@@H]3CC[C@@](C(=O)OCc4ccccc4)(C4CC4)OC3)CC2)ccc1F. The number of ether oxygens (including phenoxy) is 2. The zero-order valence-corrected chi connectivity index (χ0v) is 19.5. The molecule has 33 heavy (non-hydrogen) atoms. The van der Waals surface area contributed by atoms with Crippen LogP contribution in [0.5, 0.6) is 0 Å². The first-order valence-corrected chi connectivity index (χ1v) is 12.4. The molecule has 2 saturated heterocycles. The quantitative estimate of drug-likeness (QED) is 0.553. The zero-order valence-electron chi connectivity index (χ0n) is 19.5. The van der Waals surface area contributed by atoms with E-state index < -0.39 is 5.60 Å². The van der Waals surface area contributed by atoms with Crippen molar-refractivity contribution in [3.63, 3.8) is 0 Å². The van der Waals surface area contributed by atoms with Gasteiger partial charge in [0.2, 0.25) is 0 Å².